The summed E-state index contributed by atoms with van der Waals surface area (Å²) in [6.07, 6.45) is 3.17. The molecule has 1 aliphatic rings. The van der Waals surface area contributed by atoms with Crippen molar-refractivity contribution in [3.05, 3.63) is 58.6 Å². The van der Waals surface area contributed by atoms with Gasteiger partial charge in [0.05, 0.1) is 30.7 Å². The molecule has 4 rings (SSSR count). The summed E-state index contributed by atoms with van der Waals surface area (Å²) in [4.78, 5) is 15.6. The van der Waals surface area contributed by atoms with E-state index < -0.39 is 5.82 Å². The van der Waals surface area contributed by atoms with Crippen LogP contribution in [0.3, 0.4) is 0 Å². The highest BCUT2D eigenvalue weighted by atomic mass is 19.1. The number of fused-ring (bicyclic) bond motifs is 1. The lowest BCUT2D eigenvalue weighted by Gasteiger charge is -2.35. The first-order chi connectivity index (χ1) is 15.5. The fraction of sp³-hybridized carbons (Fsp3) is 0.400. The molecule has 0 amide bonds. The first-order valence-electron chi connectivity index (χ1n) is 11.0. The highest BCUT2D eigenvalue weighted by molar-refractivity contribution is 5.89. The van der Waals surface area contributed by atoms with Crippen molar-refractivity contribution in [2.24, 2.45) is 0 Å². The first kappa shape index (κ1) is 22.3. The van der Waals surface area contributed by atoms with Crippen molar-refractivity contribution in [2.75, 3.05) is 33.4 Å². The van der Waals surface area contributed by atoms with E-state index in [4.69, 9.17) is 9.47 Å². The number of pyridine rings is 1. The van der Waals surface area contributed by atoms with Crippen LogP contribution in [0.25, 0.3) is 22.0 Å². The van der Waals surface area contributed by atoms with E-state index in [1.807, 2.05) is 23.6 Å². The molecule has 1 N–H and O–H groups in total. The molecule has 7 heteroatoms. The Bertz CT molecular complexity index is 1140. The molecule has 1 saturated heterocycles. The highest BCUT2D eigenvalue weighted by Gasteiger charge is 2.24. The van der Waals surface area contributed by atoms with Gasteiger partial charge in [0, 0.05) is 37.9 Å². The lowest BCUT2D eigenvalue weighted by atomic mass is 10.0. The van der Waals surface area contributed by atoms with Crippen LogP contribution in [0.15, 0.2) is 47.4 Å². The van der Waals surface area contributed by atoms with Crippen LogP contribution >= 0.6 is 0 Å². The average molecular weight is 441 g/mol. The average Bonchev–Trinajstić information content (AvgIpc) is 2.78. The number of hydrogen-bond donors (Lipinski definition) is 1. The molecule has 0 spiro atoms. The number of halogens is 1. The minimum Gasteiger partial charge on any atom is -0.497 e. The fourth-order valence-electron chi connectivity index (χ4n) is 4.13. The first-order valence-corrected chi connectivity index (χ1v) is 11.0. The molecular formula is C25H29FN2O4. The maximum absolute atomic E-state index is 15.0. The van der Waals surface area contributed by atoms with Crippen molar-refractivity contribution in [1.82, 2.24) is 9.47 Å². The Balaban J connectivity index is 1.79. The Morgan fingerprint density at radius 3 is 2.53 bits per heavy atom. The molecule has 170 valence electrons. The fourth-order valence-corrected chi connectivity index (χ4v) is 4.13. The van der Waals surface area contributed by atoms with E-state index in [0.29, 0.717) is 54.4 Å². The van der Waals surface area contributed by atoms with Crippen molar-refractivity contribution < 1.29 is 19.0 Å². The standard InChI is InChI=1S/C25H29FN2O4/c1-3-13-32-22-10-9-21(26)23-24(22)28(12-4-11-27-14-18(29)15-27)16-20(25(23)30)17-5-7-19(31-2)8-6-17/h5-10,16,18,29H,3-4,11-15H2,1-2H3. The van der Waals surface area contributed by atoms with Gasteiger partial charge in [0.2, 0.25) is 0 Å². The monoisotopic (exact) mass is 440 g/mol. The molecule has 1 fully saturated rings. The molecule has 0 saturated carbocycles. The van der Waals surface area contributed by atoms with Crippen LogP contribution in [0.5, 0.6) is 11.5 Å². The maximum Gasteiger partial charge on any atom is 0.200 e. The molecule has 32 heavy (non-hydrogen) atoms. The van der Waals surface area contributed by atoms with E-state index >= 15 is 0 Å². The SMILES string of the molecule is CCCOc1ccc(F)c2c(=O)c(-c3ccc(OC)cc3)cn(CCCN3CC(O)C3)c12. The second-order valence-corrected chi connectivity index (χ2v) is 8.18. The highest BCUT2D eigenvalue weighted by Crippen LogP contribution is 2.30. The third kappa shape index (κ3) is 4.49. The number of aryl methyl sites for hydroxylation is 1. The van der Waals surface area contributed by atoms with E-state index in [9.17, 15) is 14.3 Å². The summed E-state index contributed by atoms with van der Waals surface area (Å²) in [6.45, 7) is 5.27. The Hall–Kier alpha value is -2.90. The minimum atomic E-state index is -0.552. The van der Waals surface area contributed by atoms with Gasteiger partial charge >= 0.3 is 0 Å². The summed E-state index contributed by atoms with van der Waals surface area (Å²) in [5, 5.41) is 9.55. The molecule has 0 bridgehead atoms. The van der Waals surface area contributed by atoms with Gasteiger partial charge in [0.25, 0.3) is 0 Å². The van der Waals surface area contributed by atoms with Crippen molar-refractivity contribution in [3.63, 3.8) is 0 Å². The van der Waals surface area contributed by atoms with Gasteiger partial charge in [0.15, 0.2) is 5.43 Å². The van der Waals surface area contributed by atoms with Gasteiger partial charge in [-0.3, -0.25) is 9.69 Å². The molecule has 0 atom stereocenters. The largest absolute Gasteiger partial charge is 0.497 e. The second-order valence-electron chi connectivity index (χ2n) is 8.18. The smallest absolute Gasteiger partial charge is 0.200 e. The zero-order valence-electron chi connectivity index (χ0n) is 18.5. The molecule has 1 aromatic heterocycles. The summed E-state index contributed by atoms with van der Waals surface area (Å²) in [5.74, 6) is 0.651. The van der Waals surface area contributed by atoms with Crippen LogP contribution in [0.1, 0.15) is 19.8 Å². The van der Waals surface area contributed by atoms with E-state index in [1.165, 1.54) is 6.07 Å². The molecule has 6 nitrogen and oxygen atoms in total. The number of aromatic nitrogens is 1. The van der Waals surface area contributed by atoms with Gasteiger partial charge in [-0.1, -0.05) is 19.1 Å². The number of aliphatic hydroxyl groups excluding tert-OH is 1. The normalized spacial score (nSPS) is 14.5. The van der Waals surface area contributed by atoms with E-state index in [0.717, 1.165) is 19.4 Å². The number of rotatable bonds is 9. The van der Waals surface area contributed by atoms with Crippen molar-refractivity contribution in [1.29, 1.82) is 0 Å². The molecule has 0 radical (unpaired) electrons. The minimum absolute atomic E-state index is 0.0475. The van der Waals surface area contributed by atoms with Gasteiger partial charge in [-0.25, -0.2) is 4.39 Å². The number of ether oxygens (including phenoxy) is 2. The number of likely N-dealkylation sites (tertiary alicyclic amines) is 1. The van der Waals surface area contributed by atoms with Crippen LogP contribution in [-0.4, -0.2) is 54.0 Å². The zero-order valence-corrected chi connectivity index (χ0v) is 18.5. The van der Waals surface area contributed by atoms with Gasteiger partial charge in [0.1, 0.15) is 17.3 Å². The van der Waals surface area contributed by atoms with Crippen LogP contribution in [0.2, 0.25) is 0 Å². The van der Waals surface area contributed by atoms with Crippen LogP contribution < -0.4 is 14.9 Å². The third-order valence-electron chi connectivity index (χ3n) is 5.81. The van der Waals surface area contributed by atoms with Gasteiger partial charge < -0.3 is 19.1 Å². The number of methoxy groups -OCH3 is 1. The zero-order chi connectivity index (χ0) is 22.7. The molecule has 2 aromatic carbocycles. The van der Waals surface area contributed by atoms with E-state index in [2.05, 4.69) is 4.90 Å². The number of benzene rings is 2. The Morgan fingerprint density at radius 1 is 1.12 bits per heavy atom. The third-order valence-corrected chi connectivity index (χ3v) is 5.81. The van der Waals surface area contributed by atoms with E-state index in [-0.39, 0.29) is 16.9 Å². The van der Waals surface area contributed by atoms with Crippen molar-refractivity contribution >= 4 is 10.9 Å². The summed E-state index contributed by atoms with van der Waals surface area (Å²) in [7, 11) is 1.59. The summed E-state index contributed by atoms with van der Waals surface area (Å²) in [6, 6.07) is 10.1. The summed E-state index contributed by atoms with van der Waals surface area (Å²) >= 11 is 0. The molecule has 0 unspecified atom stereocenters. The Kier molecular flexibility index (Phi) is 6.77. The maximum atomic E-state index is 15.0. The number of aliphatic hydroxyl groups is 1. The summed E-state index contributed by atoms with van der Waals surface area (Å²) < 4.78 is 28.0. The number of nitrogens with zero attached hydrogens (tertiary/aromatic N) is 2. The molecule has 3 aromatic rings. The lowest BCUT2D eigenvalue weighted by Crippen LogP contribution is -2.50. The Labute approximate surface area is 186 Å². The summed E-state index contributed by atoms with van der Waals surface area (Å²) in [5.41, 5.74) is 1.28. The van der Waals surface area contributed by atoms with E-state index in [1.54, 1.807) is 31.5 Å². The quantitative estimate of drug-likeness (QED) is 0.550. The van der Waals surface area contributed by atoms with Crippen molar-refractivity contribution in [3.8, 4) is 22.6 Å². The van der Waals surface area contributed by atoms with Crippen molar-refractivity contribution in [2.45, 2.75) is 32.4 Å². The predicted molar refractivity (Wildman–Crippen MR) is 123 cm³/mol. The van der Waals surface area contributed by atoms with Gasteiger partial charge in [-0.2, -0.15) is 0 Å². The molecule has 0 aliphatic carbocycles. The van der Waals surface area contributed by atoms with Crippen LogP contribution in [0.4, 0.5) is 4.39 Å². The lowest BCUT2D eigenvalue weighted by molar-refractivity contribution is 0.00127. The molecular weight excluding hydrogens is 411 g/mol. The van der Waals surface area contributed by atoms with Crippen LogP contribution in [-0.2, 0) is 6.54 Å². The molecule has 2 heterocycles. The number of β-amino-alcohol motifs (C(OH)–C–C–N with tert-alkyl or cyclic N) is 1. The van der Waals surface area contributed by atoms with Gasteiger partial charge in [-0.05, 0) is 42.7 Å². The van der Waals surface area contributed by atoms with Crippen LogP contribution in [0, 0.1) is 5.82 Å². The predicted octanol–water partition coefficient (Wildman–Crippen LogP) is 3.67. The topological polar surface area (TPSA) is 63.9 Å². The Morgan fingerprint density at radius 2 is 1.88 bits per heavy atom. The second kappa shape index (κ2) is 9.71. The molecule has 1 aliphatic heterocycles. The van der Waals surface area contributed by atoms with Gasteiger partial charge in [-0.15, -0.1) is 0 Å². The number of hydrogen-bond acceptors (Lipinski definition) is 5.